The highest BCUT2D eigenvalue weighted by atomic mass is 16.5. The fourth-order valence-corrected chi connectivity index (χ4v) is 5.72. The number of fused-ring (bicyclic) bond motifs is 1. The summed E-state index contributed by atoms with van der Waals surface area (Å²) in [5.74, 6) is 0.923. The molecule has 1 fully saturated rings. The Kier molecular flexibility index (Phi) is 7.75. The van der Waals surface area contributed by atoms with Crippen LogP contribution in [0.2, 0.25) is 0 Å². The Morgan fingerprint density at radius 2 is 2.03 bits per heavy atom. The third-order valence-electron chi connectivity index (χ3n) is 8.18. The average molecular weight is 527 g/mol. The second kappa shape index (κ2) is 11.4. The molecular weight excluding hydrogens is 492 g/mol. The number of aromatic nitrogens is 3. The number of amides is 1. The van der Waals surface area contributed by atoms with Gasteiger partial charge in [-0.1, -0.05) is 6.92 Å². The number of aryl methyl sites for hydroxylation is 1. The summed E-state index contributed by atoms with van der Waals surface area (Å²) in [4.78, 5) is 28.8. The van der Waals surface area contributed by atoms with Crippen LogP contribution in [-0.2, 0) is 16.6 Å². The predicted octanol–water partition coefficient (Wildman–Crippen LogP) is 5.05. The summed E-state index contributed by atoms with van der Waals surface area (Å²) in [6.07, 6.45) is 8.67. The second-order valence-electron chi connectivity index (χ2n) is 10.2. The Hall–Kier alpha value is -4.03. The molecule has 3 heterocycles. The number of carbonyl (C=O) groups is 1. The van der Waals surface area contributed by atoms with Crippen LogP contribution in [0.5, 0.6) is 5.75 Å². The fraction of sp³-hybridized carbons (Fsp3) is 0.433. The molecule has 2 aromatic heterocycles. The minimum Gasteiger partial charge on any atom is -0.495 e. The summed E-state index contributed by atoms with van der Waals surface area (Å²) in [7, 11) is 3.29. The fourth-order valence-electron chi connectivity index (χ4n) is 5.72. The van der Waals surface area contributed by atoms with E-state index in [0.29, 0.717) is 42.5 Å². The maximum atomic E-state index is 13.1. The molecule has 202 valence electrons. The molecule has 1 saturated heterocycles. The van der Waals surface area contributed by atoms with E-state index in [2.05, 4.69) is 29.4 Å². The van der Waals surface area contributed by atoms with Gasteiger partial charge in [0.2, 0.25) is 5.95 Å². The number of benzene rings is 1. The molecule has 1 aliphatic carbocycles. The lowest BCUT2D eigenvalue weighted by molar-refractivity contribution is 0.0350. The Balaban J connectivity index is 1.36. The van der Waals surface area contributed by atoms with Gasteiger partial charge in [0.1, 0.15) is 5.75 Å². The van der Waals surface area contributed by atoms with Crippen LogP contribution in [0.15, 0.2) is 42.7 Å². The van der Waals surface area contributed by atoms with Gasteiger partial charge in [0.15, 0.2) is 0 Å². The molecular formula is C30H34N6O3. The van der Waals surface area contributed by atoms with Crippen LogP contribution < -0.4 is 10.1 Å². The van der Waals surface area contributed by atoms with E-state index < -0.39 is 0 Å². The minimum atomic E-state index is -0.145. The molecule has 1 unspecified atom stereocenters. The lowest BCUT2D eigenvalue weighted by Crippen LogP contribution is -2.40. The van der Waals surface area contributed by atoms with Crippen molar-refractivity contribution in [3.63, 3.8) is 0 Å². The van der Waals surface area contributed by atoms with Crippen molar-refractivity contribution in [3.8, 4) is 23.1 Å². The molecule has 1 aliphatic heterocycles. The van der Waals surface area contributed by atoms with Crippen molar-refractivity contribution in [3.05, 3.63) is 59.5 Å². The zero-order valence-corrected chi connectivity index (χ0v) is 22.7. The van der Waals surface area contributed by atoms with E-state index in [4.69, 9.17) is 19.4 Å². The molecule has 3 aromatic rings. The lowest BCUT2D eigenvalue weighted by atomic mass is 9.77. The molecule has 1 aromatic carbocycles. The Morgan fingerprint density at radius 3 is 2.74 bits per heavy atom. The van der Waals surface area contributed by atoms with Crippen molar-refractivity contribution >= 4 is 17.5 Å². The van der Waals surface area contributed by atoms with Crippen molar-refractivity contribution in [1.29, 1.82) is 5.26 Å². The first-order valence-electron chi connectivity index (χ1n) is 13.5. The van der Waals surface area contributed by atoms with Gasteiger partial charge >= 0.3 is 0 Å². The second-order valence-corrected chi connectivity index (χ2v) is 10.2. The third kappa shape index (κ3) is 5.30. The number of ether oxygens (including phenoxy) is 2. The van der Waals surface area contributed by atoms with Gasteiger partial charge in [-0.2, -0.15) is 5.26 Å². The Morgan fingerprint density at radius 1 is 1.21 bits per heavy atom. The van der Waals surface area contributed by atoms with E-state index >= 15 is 0 Å². The van der Waals surface area contributed by atoms with Crippen molar-refractivity contribution < 1.29 is 14.3 Å². The first-order chi connectivity index (χ1) is 19.0. The minimum absolute atomic E-state index is 0.0173. The van der Waals surface area contributed by atoms with E-state index in [-0.39, 0.29) is 17.4 Å². The van der Waals surface area contributed by atoms with E-state index in [1.165, 1.54) is 0 Å². The first-order valence-corrected chi connectivity index (χ1v) is 13.5. The number of nitriles is 1. The maximum absolute atomic E-state index is 13.1. The van der Waals surface area contributed by atoms with Crippen LogP contribution in [-0.4, -0.2) is 59.2 Å². The number of nitrogens with zero attached hydrogens (tertiary/aromatic N) is 5. The molecule has 0 bridgehead atoms. The van der Waals surface area contributed by atoms with Crippen LogP contribution in [0.4, 0.5) is 11.6 Å². The SMILES string of the molecule is CCC1(CC#N)CCc2ncc(-c3ccnc(Nc4ccc(C(=O)N5CCC(OC)CC5)cc4OC)n3)cc21. The number of piperidine rings is 1. The number of anilines is 2. The van der Waals surface area contributed by atoms with Gasteiger partial charge in [0, 0.05) is 61.2 Å². The molecule has 1 amide bonds. The van der Waals surface area contributed by atoms with Gasteiger partial charge in [-0.05, 0) is 68.0 Å². The molecule has 9 heteroatoms. The zero-order valence-electron chi connectivity index (χ0n) is 22.7. The molecule has 5 rings (SSSR count). The van der Waals surface area contributed by atoms with Crippen LogP contribution in [0.1, 0.15) is 60.6 Å². The predicted molar refractivity (Wildman–Crippen MR) is 148 cm³/mol. The lowest BCUT2D eigenvalue weighted by Gasteiger charge is -2.31. The number of methoxy groups -OCH3 is 2. The topological polar surface area (TPSA) is 113 Å². The molecule has 0 radical (unpaired) electrons. The van der Waals surface area contributed by atoms with Gasteiger partial charge in [-0.3, -0.25) is 9.78 Å². The summed E-state index contributed by atoms with van der Waals surface area (Å²) in [6, 6.07) is 11.7. The van der Waals surface area contributed by atoms with Crippen LogP contribution in [0.25, 0.3) is 11.3 Å². The summed E-state index contributed by atoms with van der Waals surface area (Å²) < 4.78 is 11.0. The van der Waals surface area contributed by atoms with Gasteiger partial charge in [0.25, 0.3) is 5.91 Å². The van der Waals surface area contributed by atoms with E-state index in [1.807, 2.05) is 23.2 Å². The first kappa shape index (κ1) is 26.6. The smallest absolute Gasteiger partial charge is 0.253 e. The highest BCUT2D eigenvalue weighted by Crippen LogP contribution is 2.44. The Labute approximate surface area is 229 Å². The number of pyridine rings is 1. The molecule has 0 saturated carbocycles. The summed E-state index contributed by atoms with van der Waals surface area (Å²) >= 11 is 0. The summed E-state index contributed by atoms with van der Waals surface area (Å²) in [6.45, 7) is 3.49. The van der Waals surface area contributed by atoms with Gasteiger partial charge in [-0.25, -0.2) is 9.97 Å². The molecule has 1 atom stereocenters. The van der Waals surface area contributed by atoms with Crippen molar-refractivity contribution in [2.45, 2.75) is 57.0 Å². The van der Waals surface area contributed by atoms with Crippen LogP contribution in [0.3, 0.4) is 0 Å². The largest absolute Gasteiger partial charge is 0.495 e. The summed E-state index contributed by atoms with van der Waals surface area (Å²) in [5, 5.41) is 12.7. The number of likely N-dealkylation sites (tertiary alicyclic amines) is 1. The number of hydrogen-bond acceptors (Lipinski definition) is 8. The molecule has 0 spiro atoms. The molecule has 1 N–H and O–H groups in total. The molecule has 2 aliphatic rings. The highest BCUT2D eigenvalue weighted by molar-refractivity contribution is 5.95. The standard InChI is InChI=1S/C30H34N6O3/c1-4-30(12-13-31)11-7-25-23(30)17-21(19-33-25)24-8-14-32-29(34-24)35-26-6-5-20(18-27(26)39-3)28(37)36-15-9-22(38-2)10-16-36/h5-6,8,14,17-19,22H,4,7,9-12,15-16H2,1-3H3,(H,32,34,35). The third-order valence-corrected chi connectivity index (χ3v) is 8.18. The van der Waals surface area contributed by atoms with Crippen LogP contribution >= 0.6 is 0 Å². The van der Waals surface area contributed by atoms with E-state index in [1.54, 1.807) is 32.5 Å². The number of carbonyl (C=O) groups excluding carboxylic acids is 1. The van der Waals surface area contributed by atoms with Crippen molar-refractivity contribution in [2.24, 2.45) is 0 Å². The summed E-state index contributed by atoms with van der Waals surface area (Å²) in [5.41, 5.74) is 4.95. The number of hydrogen-bond donors (Lipinski definition) is 1. The van der Waals surface area contributed by atoms with Crippen molar-refractivity contribution in [1.82, 2.24) is 19.9 Å². The van der Waals surface area contributed by atoms with Gasteiger partial charge in [-0.15, -0.1) is 0 Å². The van der Waals surface area contributed by atoms with Crippen LogP contribution in [0, 0.1) is 11.3 Å². The van der Waals surface area contributed by atoms with Crippen molar-refractivity contribution in [2.75, 3.05) is 32.6 Å². The monoisotopic (exact) mass is 526 g/mol. The number of rotatable bonds is 8. The maximum Gasteiger partial charge on any atom is 0.253 e. The highest BCUT2D eigenvalue weighted by Gasteiger charge is 2.38. The van der Waals surface area contributed by atoms with E-state index in [0.717, 1.165) is 54.6 Å². The normalized spacial score (nSPS) is 18.9. The Bertz CT molecular complexity index is 1400. The average Bonchev–Trinajstić information content (AvgIpc) is 3.35. The molecule has 9 nitrogen and oxygen atoms in total. The van der Waals surface area contributed by atoms with E-state index in [9.17, 15) is 10.1 Å². The quantitative estimate of drug-likeness (QED) is 0.434. The zero-order chi connectivity index (χ0) is 27.4. The molecule has 39 heavy (non-hydrogen) atoms. The van der Waals surface area contributed by atoms with Gasteiger partial charge < -0.3 is 19.7 Å². The number of nitrogens with one attached hydrogen (secondary N) is 1. The van der Waals surface area contributed by atoms with Gasteiger partial charge in [0.05, 0.1) is 30.7 Å².